The van der Waals surface area contributed by atoms with Crippen molar-refractivity contribution >= 4 is 43.6 Å². The van der Waals surface area contributed by atoms with Crippen LogP contribution in [0, 0.1) is 5.82 Å². The first-order valence-electron chi connectivity index (χ1n) is 22.2. The maximum absolute atomic E-state index is 16.7. The summed E-state index contributed by atoms with van der Waals surface area (Å²) >= 11 is 0. The van der Waals surface area contributed by atoms with Gasteiger partial charge in [0.05, 0.1) is 33.4 Å². The second-order valence-electron chi connectivity index (χ2n) is 16.9. The Morgan fingerprint density at radius 2 is 0.582 bits per heavy atom. The van der Waals surface area contributed by atoms with E-state index in [4.69, 9.17) is 0 Å². The van der Waals surface area contributed by atoms with Crippen molar-refractivity contribution in [2.45, 2.75) is 6.18 Å². The highest BCUT2D eigenvalue weighted by molar-refractivity contribution is 6.13. The molecule has 0 aliphatic carbocycles. The van der Waals surface area contributed by atoms with Gasteiger partial charge in [-0.05, 0) is 117 Å². The molecule has 0 saturated heterocycles. The maximum Gasteiger partial charge on any atom is 0.420 e. The second kappa shape index (κ2) is 15.9. The SMILES string of the molecule is Fc1ccccc1-c1cc(-n2c3ccc(-c4ccccc4)cc3c3cc(-c4ccccc4)ccc32)c(C(F)(F)F)c(-n2c3ccc(-c4ccccc4)cc3c3cc(-c4ccccc4)ccc32)c1. The molecule has 0 radical (unpaired) electrons. The van der Waals surface area contributed by atoms with E-state index < -0.39 is 17.6 Å². The van der Waals surface area contributed by atoms with Gasteiger partial charge in [0.15, 0.2) is 0 Å². The molecule has 0 spiro atoms. The van der Waals surface area contributed by atoms with Crippen LogP contribution in [0.1, 0.15) is 5.56 Å². The third-order valence-electron chi connectivity index (χ3n) is 13.0. The lowest BCUT2D eigenvalue weighted by Gasteiger charge is -2.23. The van der Waals surface area contributed by atoms with E-state index in [1.165, 1.54) is 18.2 Å². The van der Waals surface area contributed by atoms with Gasteiger partial charge in [0.2, 0.25) is 0 Å². The number of alkyl halides is 3. The second-order valence-corrected chi connectivity index (χ2v) is 16.9. The molecule has 0 saturated carbocycles. The number of hydrogen-bond acceptors (Lipinski definition) is 0. The number of rotatable bonds is 7. The Hall–Kier alpha value is -8.48. The number of hydrogen-bond donors (Lipinski definition) is 0. The fraction of sp³-hybridized carbons (Fsp3) is 0.0164. The van der Waals surface area contributed by atoms with Crippen molar-refractivity contribution in [3.8, 4) is 67.0 Å². The quantitative estimate of drug-likeness (QED) is 0.141. The molecule has 67 heavy (non-hydrogen) atoms. The lowest BCUT2D eigenvalue weighted by atomic mass is 9.98. The van der Waals surface area contributed by atoms with Gasteiger partial charge >= 0.3 is 6.18 Å². The summed E-state index contributed by atoms with van der Waals surface area (Å²) in [6.07, 6.45) is -4.88. The van der Waals surface area contributed by atoms with Crippen LogP contribution < -0.4 is 0 Å². The Morgan fingerprint density at radius 3 is 0.881 bits per heavy atom. The van der Waals surface area contributed by atoms with Gasteiger partial charge in [0.25, 0.3) is 0 Å². The Kier molecular flexibility index (Phi) is 9.50. The Labute approximate surface area is 383 Å². The molecule has 10 aromatic carbocycles. The van der Waals surface area contributed by atoms with Crippen molar-refractivity contribution in [1.29, 1.82) is 0 Å². The maximum atomic E-state index is 16.7. The van der Waals surface area contributed by atoms with Crippen molar-refractivity contribution < 1.29 is 17.6 Å². The van der Waals surface area contributed by atoms with Crippen LogP contribution in [0.5, 0.6) is 0 Å². The molecule has 2 aromatic heterocycles. The van der Waals surface area contributed by atoms with Gasteiger partial charge in [-0.25, -0.2) is 4.39 Å². The van der Waals surface area contributed by atoms with E-state index >= 15 is 17.6 Å². The fourth-order valence-electron chi connectivity index (χ4n) is 9.91. The summed E-state index contributed by atoms with van der Waals surface area (Å²) in [6, 6.07) is 72.9. The lowest BCUT2D eigenvalue weighted by molar-refractivity contribution is -0.137. The highest BCUT2D eigenvalue weighted by Crippen LogP contribution is 2.48. The third-order valence-corrected chi connectivity index (χ3v) is 13.0. The molecule has 0 N–H and O–H groups in total. The summed E-state index contributed by atoms with van der Waals surface area (Å²) in [7, 11) is 0. The van der Waals surface area contributed by atoms with Gasteiger partial charge < -0.3 is 9.13 Å². The first-order chi connectivity index (χ1) is 32.8. The number of benzene rings is 10. The van der Waals surface area contributed by atoms with Crippen LogP contribution in [-0.2, 0) is 6.18 Å². The molecular weight excluding hydrogens is 837 g/mol. The first kappa shape index (κ1) is 40.1. The summed E-state index contributed by atoms with van der Waals surface area (Å²) in [6.45, 7) is 0. The van der Waals surface area contributed by atoms with Gasteiger partial charge in [-0.1, -0.05) is 164 Å². The van der Waals surface area contributed by atoms with E-state index in [0.29, 0.717) is 27.6 Å². The largest absolute Gasteiger partial charge is 0.420 e. The Morgan fingerprint density at radius 1 is 0.284 bits per heavy atom. The molecule has 320 valence electrons. The standard InChI is InChI=1S/C61H38F4N2/c62-53-24-14-13-23-48(53)47-37-58(66-54-29-25-43(39-15-5-1-6-16-39)33-49(54)50-34-44(26-30-55(50)66)40-17-7-2-8-18-40)60(61(63,64)65)59(38-47)67-56-31-27-45(41-19-9-3-10-20-41)35-51(56)52-36-46(28-32-57(52)67)42-21-11-4-12-22-42/h1-38H. The number of fused-ring (bicyclic) bond motifs is 6. The fourth-order valence-corrected chi connectivity index (χ4v) is 9.91. The normalized spacial score (nSPS) is 11.9. The molecule has 2 nitrogen and oxygen atoms in total. The zero-order chi connectivity index (χ0) is 45.2. The zero-order valence-corrected chi connectivity index (χ0v) is 35.8. The van der Waals surface area contributed by atoms with E-state index in [0.717, 1.165) is 66.1 Å². The summed E-state index contributed by atoms with van der Waals surface area (Å²) in [4.78, 5) is 0. The van der Waals surface area contributed by atoms with E-state index in [1.807, 2.05) is 170 Å². The summed E-state index contributed by atoms with van der Waals surface area (Å²) < 4.78 is 69.8. The lowest BCUT2D eigenvalue weighted by Crippen LogP contribution is -2.16. The number of aromatic nitrogens is 2. The predicted molar refractivity (Wildman–Crippen MR) is 267 cm³/mol. The molecule has 12 aromatic rings. The summed E-state index contributed by atoms with van der Waals surface area (Å²) in [5.74, 6) is -0.538. The topological polar surface area (TPSA) is 9.86 Å². The Bertz CT molecular complexity index is 3420. The van der Waals surface area contributed by atoms with Gasteiger partial charge in [0.1, 0.15) is 11.4 Å². The van der Waals surface area contributed by atoms with Gasteiger partial charge in [-0.2, -0.15) is 13.2 Å². The molecule has 0 unspecified atom stereocenters. The molecular formula is C61H38F4N2. The number of halogens is 4. The van der Waals surface area contributed by atoms with Crippen LogP contribution in [0.3, 0.4) is 0 Å². The van der Waals surface area contributed by atoms with Crippen LogP contribution in [0.25, 0.3) is 111 Å². The molecule has 0 amide bonds. The molecule has 0 aliphatic rings. The van der Waals surface area contributed by atoms with E-state index in [9.17, 15) is 0 Å². The number of nitrogens with zero attached hydrogens (tertiary/aromatic N) is 2. The van der Waals surface area contributed by atoms with Gasteiger partial charge in [-0.15, -0.1) is 0 Å². The van der Waals surface area contributed by atoms with Crippen molar-refractivity contribution in [1.82, 2.24) is 9.13 Å². The molecule has 12 rings (SSSR count). The molecule has 2 heterocycles. The van der Waals surface area contributed by atoms with E-state index in [2.05, 4.69) is 24.3 Å². The monoisotopic (exact) mass is 874 g/mol. The average Bonchev–Trinajstić information content (AvgIpc) is 3.88. The van der Waals surface area contributed by atoms with Crippen molar-refractivity contribution in [2.24, 2.45) is 0 Å². The van der Waals surface area contributed by atoms with Crippen LogP contribution in [0.2, 0.25) is 0 Å². The van der Waals surface area contributed by atoms with Crippen LogP contribution in [-0.4, -0.2) is 9.13 Å². The van der Waals surface area contributed by atoms with E-state index in [1.54, 1.807) is 27.3 Å². The minimum atomic E-state index is -4.88. The molecule has 0 atom stereocenters. The minimum Gasteiger partial charge on any atom is -0.309 e. The zero-order valence-electron chi connectivity index (χ0n) is 35.8. The average molecular weight is 875 g/mol. The molecule has 6 heteroatoms. The van der Waals surface area contributed by atoms with Crippen LogP contribution in [0.15, 0.2) is 231 Å². The minimum absolute atomic E-state index is 0.111. The van der Waals surface area contributed by atoms with Crippen molar-refractivity contribution in [3.05, 3.63) is 242 Å². The van der Waals surface area contributed by atoms with Crippen LogP contribution >= 0.6 is 0 Å². The smallest absolute Gasteiger partial charge is 0.309 e. The van der Waals surface area contributed by atoms with Gasteiger partial charge in [-0.3, -0.25) is 0 Å². The van der Waals surface area contributed by atoms with Crippen molar-refractivity contribution in [3.63, 3.8) is 0 Å². The van der Waals surface area contributed by atoms with Crippen LogP contribution in [0.4, 0.5) is 17.6 Å². The van der Waals surface area contributed by atoms with E-state index in [-0.39, 0.29) is 16.9 Å². The van der Waals surface area contributed by atoms with Gasteiger partial charge in [0, 0.05) is 27.1 Å². The molecule has 0 bridgehead atoms. The molecule has 0 fully saturated rings. The third kappa shape index (κ3) is 6.88. The Balaban J connectivity index is 1.21. The molecule has 0 aliphatic heterocycles. The highest BCUT2D eigenvalue weighted by Gasteiger charge is 2.40. The summed E-state index contributed by atoms with van der Waals surface area (Å²) in [5, 5.41) is 3.16. The van der Waals surface area contributed by atoms with Crippen molar-refractivity contribution in [2.75, 3.05) is 0 Å². The first-order valence-corrected chi connectivity index (χ1v) is 22.2. The summed E-state index contributed by atoms with van der Waals surface area (Å²) in [5.41, 5.74) is 9.47. The predicted octanol–water partition coefficient (Wildman–Crippen LogP) is 17.4. The highest BCUT2D eigenvalue weighted by atomic mass is 19.4.